The Bertz CT molecular complexity index is 800. The van der Waals surface area contributed by atoms with E-state index in [0.717, 1.165) is 11.6 Å². The number of anilines is 1. The van der Waals surface area contributed by atoms with Crippen LogP contribution in [0.2, 0.25) is 5.02 Å². The summed E-state index contributed by atoms with van der Waals surface area (Å²) in [6, 6.07) is 6.37. The molecule has 0 aliphatic heterocycles. The number of nitrogens with zero attached hydrogens (tertiary/aromatic N) is 1. The number of pyridine rings is 1. The van der Waals surface area contributed by atoms with Crippen molar-refractivity contribution in [2.75, 3.05) is 5.32 Å². The lowest BCUT2D eigenvalue weighted by atomic mass is 10.2. The normalized spacial score (nSPS) is 11.3. The van der Waals surface area contributed by atoms with Crippen molar-refractivity contribution in [3.05, 3.63) is 63.0 Å². The van der Waals surface area contributed by atoms with Gasteiger partial charge in [-0.15, -0.1) is 0 Å². The first-order chi connectivity index (χ1) is 10.7. The SMILES string of the molecule is Cc1ccc(NC(=O)Cn2cc(C(F)(F)F)ccc2=O)c(Cl)c1. The summed E-state index contributed by atoms with van der Waals surface area (Å²) in [5.74, 6) is -0.655. The molecule has 0 aliphatic carbocycles. The largest absolute Gasteiger partial charge is 0.417 e. The fraction of sp³-hybridized carbons (Fsp3) is 0.200. The van der Waals surface area contributed by atoms with Gasteiger partial charge in [0.05, 0.1) is 16.3 Å². The van der Waals surface area contributed by atoms with Crippen molar-refractivity contribution in [3.8, 4) is 0 Å². The molecule has 2 rings (SSSR count). The molecule has 0 bridgehead atoms. The number of rotatable bonds is 3. The van der Waals surface area contributed by atoms with Gasteiger partial charge in [0.1, 0.15) is 6.54 Å². The minimum atomic E-state index is -4.59. The van der Waals surface area contributed by atoms with Crippen LogP contribution < -0.4 is 10.9 Å². The Hall–Kier alpha value is -2.28. The molecule has 122 valence electrons. The van der Waals surface area contributed by atoms with Crippen LogP contribution in [0.5, 0.6) is 0 Å². The average Bonchev–Trinajstić information content (AvgIpc) is 2.43. The Morgan fingerprint density at radius 1 is 1.26 bits per heavy atom. The predicted octanol–water partition coefficient (Wildman–Crippen LogP) is 3.47. The monoisotopic (exact) mass is 344 g/mol. The van der Waals surface area contributed by atoms with Crippen LogP contribution in [0, 0.1) is 6.92 Å². The highest BCUT2D eigenvalue weighted by molar-refractivity contribution is 6.33. The van der Waals surface area contributed by atoms with Crippen LogP contribution in [0.25, 0.3) is 0 Å². The van der Waals surface area contributed by atoms with Crippen LogP contribution in [-0.4, -0.2) is 10.5 Å². The lowest BCUT2D eigenvalue weighted by Crippen LogP contribution is -2.28. The summed E-state index contributed by atoms with van der Waals surface area (Å²) in [5.41, 5.74) is -0.495. The lowest BCUT2D eigenvalue weighted by Gasteiger charge is -2.11. The molecule has 1 amide bonds. The van der Waals surface area contributed by atoms with E-state index in [1.54, 1.807) is 18.2 Å². The Morgan fingerprint density at radius 3 is 2.57 bits per heavy atom. The molecule has 23 heavy (non-hydrogen) atoms. The summed E-state index contributed by atoms with van der Waals surface area (Å²) in [6.45, 7) is 1.27. The fourth-order valence-electron chi connectivity index (χ4n) is 1.89. The zero-order chi connectivity index (χ0) is 17.2. The van der Waals surface area contributed by atoms with Crippen LogP contribution in [0.1, 0.15) is 11.1 Å². The van der Waals surface area contributed by atoms with E-state index in [0.29, 0.717) is 27.5 Å². The number of halogens is 4. The molecule has 1 heterocycles. The zero-order valence-corrected chi connectivity index (χ0v) is 12.7. The van der Waals surface area contributed by atoms with Crippen LogP contribution in [-0.2, 0) is 17.5 Å². The molecule has 0 fully saturated rings. The molecule has 0 saturated carbocycles. The minimum Gasteiger partial charge on any atom is -0.323 e. The van der Waals surface area contributed by atoms with E-state index in [1.807, 2.05) is 6.92 Å². The van der Waals surface area contributed by atoms with Gasteiger partial charge in [0.2, 0.25) is 5.91 Å². The first-order valence-corrected chi connectivity index (χ1v) is 6.88. The number of hydrogen-bond donors (Lipinski definition) is 1. The van der Waals surface area contributed by atoms with Gasteiger partial charge in [-0.2, -0.15) is 13.2 Å². The van der Waals surface area contributed by atoms with E-state index in [-0.39, 0.29) is 0 Å². The summed E-state index contributed by atoms with van der Waals surface area (Å²) in [7, 11) is 0. The van der Waals surface area contributed by atoms with Crippen molar-refractivity contribution in [2.45, 2.75) is 19.6 Å². The highest BCUT2D eigenvalue weighted by Crippen LogP contribution is 2.28. The molecule has 0 aliphatic rings. The van der Waals surface area contributed by atoms with Gasteiger partial charge in [0.15, 0.2) is 0 Å². The summed E-state index contributed by atoms with van der Waals surface area (Å²) in [4.78, 5) is 23.5. The van der Waals surface area contributed by atoms with Gasteiger partial charge in [0, 0.05) is 12.3 Å². The fourth-order valence-corrected chi connectivity index (χ4v) is 2.17. The van der Waals surface area contributed by atoms with E-state index in [1.165, 1.54) is 0 Å². The maximum Gasteiger partial charge on any atom is 0.417 e. The topological polar surface area (TPSA) is 51.1 Å². The molecule has 0 unspecified atom stereocenters. The standard InChI is InChI=1S/C15H12ClF3N2O2/c1-9-2-4-12(11(16)6-9)20-13(22)8-21-7-10(15(17,18)19)3-5-14(21)23/h2-7H,8H2,1H3,(H,20,22). The smallest absolute Gasteiger partial charge is 0.323 e. The number of benzene rings is 1. The second-order valence-corrected chi connectivity index (χ2v) is 5.32. The number of alkyl halides is 3. The van der Waals surface area contributed by atoms with Gasteiger partial charge in [0.25, 0.3) is 5.56 Å². The molecule has 8 heteroatoms. The predicted molar refractivity (Wildman–Crippen MR) is 80.5 cm³/mol. The highest BCUT2D eigenvalue weighted by atomic mass is 35.5. The number of aryl methyl sites for hydroxylation is 1. The highest BCUT2D eigenvalue weighted by Gasteiger charge is 2.31. The second-order valence-electron chi connectivity index (χ2n) is 4.91. The molecule has 0 radical (unpaired) electrons. The molecular weight excluding hydrogens is 333 g/mol. The molecule has 1 aromatic carbocycles. The zero-order valence-electron chi connectivity index (χ0n) is 11.9. The van der Waals surface area contributed by atoms with Gasteiger partial charge in [-0.1, -0.05) is 17.7 Å². The lowest BCUT2D eigenvalue weighted by molar-refractivity contribution is -0.138. The Balaban J connectivity index is 2.18. The maximum absolute atomic E-state index is 12.6. The van der Waals surface area contributed by atoms with Crippen molar-refractivity contribution < 1.29 is 18.0 Å². The quantitative estimate of drug-likeness (QED) is 0.927. The number of nitrogens with one attached hydrogen (secondary N) is 1. The van der Waals surface area contributed by atoms with Gasteiger partial charge in [-0.3, -0.25) is 9.59 Å². The molecule has 2 aromatic rings. The van der Waals surface area contributed by atoms with E-state index in [4.69, 9.17) is 11.6 Å². The second kappa shape index (κ2) is 6.45. The van der Waals surface area contributed by atoms with Gasteiger partial charge in [-0.05, 0) is 30.7 Å². The van der Waals surface area contributed by atoms with Gasteiger partial charge < -0.3 is 9.88 Å². The number of carbonyl (C=O) groups excluding carboxylic acids is 1. The van der Waals surface area contributed by atoms with Crippen LogP contribution in [0.3, 0.4) is 0 Å². The number of hydrogen-bond acceptors (Lipinski definition) is 2. The molecule has 0 atom stereocenters. The molecule has 1 N–H and O–H groups in total. The Labute approximate surface area is 134 Å². The van der Waals surface area contributed by atoms with Crippen molar-refractivity contribution in [3.63, 3.8) is 0 Å². The Morgan fingerprint density at radius 2 is 1.96 bits per heavy atom. The van der Waals surface area contributed by atoms with E-state index >= 15 is 0 Å². The molecular formula is C15H12ClF3N2O2. The summed E-state index contributed by atoms with van der Waals surface area (Å²) in [6.07, 6.45) is -3.98. The summed E-state index contributed by atoms with van der Waals surface area (Å²) in [5, 5.41) is 2.76. The summed E-state index contributed by atoms with van der Waals surface area (Å²) < 4.78 is 38.6. The average molecular weight is 345 g/mol. The molecule has 0 spiro atoms. The van der Waals surface area contributed by atoms with Crippen LogP contribution in [0.15, 0.2) is 41.3 Å². The molecule has 0 saturated heterocycles. The maximum atomic E-state index is 12.6. The number of aromatic nitrogens is 1. The molecule has 4 nitrogen and oxygen atoms in total. The summed E-state index contributed by atoms with van der Waals surface area (Å²) >= 11 is 5.96. The van der Waals surface area contributed by atoms with Gasteiger partial charge in [-0.25, -0.2) is 0 Å². The third-order valence-corrected chi connectivity index (χ3v) is 3.34. The van der Waals surface area contributed by atoms with Crippen molar-refractivity contribution in [1.82, 2.24) is 4.57 Å². The van der Waals surface area contributed by atoms with Crippen molar-refractivity contribution in [2.24, 2.45) is 0 Å². The third kappa shape index (κ3) is 4.35. The first kappa shape index (κ1) is 17.1. The third-order valence-electron chi connectivity index (χ3n) is 3.02. The van der Waals surface area contributed by atoms with Crippen molar-refractivity contribution >= 4 is 23.2 Å². The van der Waals surface area contributed by atoms with Crippen LogP contribution in [0.4, 0.5) is 18.9 Å². The number of carbonyl (C=O) groups is 1. The van der Waals surface area contributed by atoms with E-state index in [9.17, 15) is 22.8 Å². The minimum absolute atomic E-state index is 0.301. The van der Waals surface area contributed by atoms with Crippen molar-refractivity contribution in [1.29, 1.82) is 0 Å². The van der Waals surface area contributed by atoms with Gasteiger partial charge >= 0.3 is 6.18 Å². The van der Waals surface area contributed by atoms with Crippen LogP contribution >= 0.6 is 11.6 Å². The van der Waals surface area contributed by atoms with E-state index in [2.05, 4.69) is 5.32 Å². The number of amides is 1. The van der Waals surface area contributed by atoms with E-state index < -0.39 is 29.8 Å². The first-order valence-electron chi connectivity index (χ1n) is 6.50. The molecule has 1 aromatic heterocycles. The Kier molecular flexibility index (Phi) is 4.79.